The molecule has 0 saturated heterocycles. The number of ether oxygens (including phenoxy) is 1. The van der Waals surface area contributed by atoms with Crippen LogP contribution in [-0.2, 0) is 32.4 Å². The highest BCUT2D eigenvalue weighted by molar-refractivity contribution is 7.09. The maximum absolute atomic E-state index is 13.2. The number of benzene rings is 2. The van der Waals surface area contributed by atoms with Crippen molar-refractivity contribution in [2.45, 2.75) is 32.4 Å². The zero-order valence-electron chi connectivity index (χ0n) is 20.0. The molecule has 0 spiro atoms. The molecule has 37 heavy (non-hydrogen) atoms. The van der Waals surface area contributed by atoms with E-state index in [2.05, 4.69) is 15.3 Å². The number of nitrogens with one attached hydrogen (secondary N) is 1. The van der Waals surface area contributed by atoms with Crippen LogP contribution in [0.5, 0.6) is 5.75 Å². The Morgan fingerprint density at radius 1 is 1.00 bits per heavy atom. The van der Waals surface area contributed by atoms with Gasteiger partial charge in [-0.05, 0) is 41.0 Å². The van der Waals surface area contributed by atoms with Crippen LogP contribution in [0.4, 0.5) is 13.2 Å². The maximum atomic E-state index is 13.2. The highest BCUT2D eigenvalue weighted by Crippen LogP contribution is 2.30. The Hall–Kier alpha value is -3.76. The number of hydrogen-bond donors (Lipinski definition) is 1. The minimum Gasteiger partial charge on any atom is -0.497 e. The van der Waals surface area contributed by atoms with Crippen molar-refractivity contribution in [2.24, 2.45) is 0 Å². The fourth-order valence-corrected chi connectivity index (χ4v) is 4.53. The molecule has 192 valence electrons. The normalized spacial score (nSPS) is 11.5. The highest BCUT2D eigenvalue weighted by atomic mass is 32.1. The zero-order chi connectivity index (χ0) is 26.3. The number of aromatic nitrogens is 2. The van der Waals surface area contributed by atoms with Crippen molar-refractivity contribution in [2.75, 3.05) is 7.11 Å². The molecule has 0 fully saturated rings. The lowest BCUT2D eigenvalue weighted by molar-refractivity contribution is -0.137. The van der Waals surface area contributed by atoms with Gasteiger partial charge in [0, 0.05) is 37.4 Å². The first kappa shape index (κ1) is 26.3. The van der Waals surface area contributed by atoms with Crippen molar-refractivity contribution in [3.63, 3.8) is 0 Å². The van der Waals surface area contributed by atoms with Crippen LogP contribution in [0.25, 0.3) is 0 Å². The maximum Gasteiger partial charge on any atom is 0.416 e. The molecule has 2 aromatic heterocycles. The summed E-state index contributed by atoms with van der Waals surface area (Å²) in [7, 11) is 1.59. The second-order valence-corrected chi connectivity index (χ2v) is 9.30. The van der Waals surface area contributed by atoms with Crippen LogP contribution in [0.1, 0.15) is 37.7 Å². The number of thiazole rings is 1. The lowest BCUT2D eigenvalue weighted by atomic mass is 10.1. The smallest absolute Gasteiger partial charge is 0.416 e. The number of carbonyl (C=O) groups is 1. The van der Waals surface area contributed by atoms with Crippen LogP contribution < -0.4 is 10.1 Å². The summed E-state index contributed by atoms with van der Waals surface area (Å²) in [4.78, 5) is 23.1. The van der Waals surface area contributed by atoms with Gasteiger partial charge in [0.15, 0.2) is 0 Å². The number of nitrogens with zero attached hydrogens (tertiary/aromatic N) is 3. The molecule has 4 aromatic rings. The van der Waals surface area contributed by atoms with E-state index < -0.39 is 11.7 Å². The number of amides is 1. The number of pyridine rings is 1. The Morgan fingerprint density at radius 2 is 1.76 bits per heavy atom. The van der Waals surface area contributed by atoms with Gasteiger partial charge in [-0.15, -0.1) is 11.3 Å². The van der Waals surface area contributed by atoms with Gasteiger partial charge in [-0.25, -0.2) is 4.98 Å². The quantitative estimate of drug-likeness (QED) is 0.287. The summed E-state index contributed by atoms with van der Waals surface area (Å²) < 4.78 is 44.9. The third-order valence-electron chi connectivity index (χ3n) is 5.54. The topological polar surface area (TPSA) is 67.3 Å². The van der Waals surface area contributed by atoms with E-state index in [9.17, 15) is 18.0 Å². The summed E-state index contributed by atoms with van der Waals surface area (Å²) in [5, 5.41) is 5.20. The van der Waals surface area contributed by atoms with Crippen molar-refractivity contribution in [3.05, 3.63) is 111 Å². The number of rotatable bonds is 10. The van der Waals surface area contributed by atoms with Crippen LogP contribution in [0.3, 0.4) is 0 Å². The minimum absolute atomic E-state index is 0.276. The van der Waals surface area contributed by atoms with Gasteiger partial charge in [0.1, 0.15) is 16.5 Å². The van der Waals surface area contributed by atoms with Gasteiger partial charge in [-0.1, -0.05) is 36.4 Å². The minimum atomic E-state index is -4.41. The van der Waals surface area contributed by atoms with E-state index in [0.717, 1.165) is 22.9 Å². The molecule has 0 aliphatic carbocycles. The van der Waals surface area contributed by atoms with Gasteiger partial charge in [-0.3, -0.25) is 14.7 Å². The summed E-state index contributed by atoms with van der Waals surface area (Å²) >= 11 is 1.34. The van der Waals surface area contributed by atoms with Crippen LogP contribution in [0.2, 0.25) is 0 Å². The third kappa shape index (κ3) is 7.61. The Morgan fingerprint density at radius 3 is 2.46 bits per heavy atom. The van der Waals surface area contributed by atoms with Crippen LogP contribution >= 0.6 is 11.3 Å². The largest absolute Gasteiger partial charge is 0.497 e. The third-order valence-corrected chi connectivity index (χ3v) is 6.38. The van der Waals surface area contributed by atoms with Gasteiger partial charge in [0.2, 0.25) is 0 Å². The molecule has 10 heteroatoms. The fourth-order valence-electron chi connectivity index (χ4n) is 3.72. The molecule has 4 rings (SSSR count). The molecule has 0 unspecified atom stereocenters. The zero-order valence-corrected chi connectivity index (χ0v) is 20.9. The molecular weight excluding hydrogens is 501 g/mol. The highest BCUT2D eigenvalue weighted by Gasteiger charge is 2.30. The van der Waals surface area contributed by atoms with Crippen molar-refractivity contribution >= 4 is 17.2 Å². The molecular formula is C27H25F3N4O2S. The molecule has 1 N–H and O–H groups in total. The van der Waals surface area contributed by atoms with Gasteiger partial charge in [-0.2, -0.15) is 13.2 Å². The monoisotopic (exact) mass is 526 g/mol. The van der Waals surface area contributed by atoms with Gasteiger partial charge >= 0.3 is 6.18 Å². The van der Waals surface area contributed by atoms with E-state index in [1.165, 1.54) is 23.5 Å². The molecule has 2 heterocycles. The van der Waals surface area contributed by atoms with Crippen LogP contribution in [-0.4, -0.2) is 27.9 Å². The number of methoxy groups -OCH3 is 1. The predicted molar refractivity (Wildman–Crippen MR) is 135 cm³/mol. The fraction of sp³-hybridized carbons (Fsp3) is 0.222. The second kappa shape index (κ2) is 12.0. The SMILES string of the molecule is COc1ccc(CN(Cc2cccc(C(F)(F)F)c2)Cc2nc(C(=O)NCc3cccnc3)cs2)cc1. The first-order chi connectivity index (χ1) is 17.8. The first-order valence-corrected chi connectivity index (χ1v) is 12.3. The molecule has 6 nitrogen and oxygen atoms in total. The summed E-state index contributed by atoms with van der Waals surface area (Å²) in [6.07, 6.45) is -1.07. The van der Waals surface area contributed by atoms with E-state index in [1.807, 2.05) is 35.2 Å². The molecule has 2 aromatic carbocycles. The molecule has 0 aliphatic heterocycles. The molecule has 0 saturated carbocycles. The van der Waals surface area contributed by atoms with E-state index >= 15 is 0 Å². The second-order valence-electron chi connectivity index (χ2n) is 8.36. The Bertz CT molecular complexity index is 1310. The summed E-state index contributed by atoms with van der Waals surface area (Å²) in [6, 6.07) is 16.5. The summed E-state index contributed by atoms with van der Waals surface area (Å²) in [5.74, 6) is 0.418. The Labute approximate surface area is 216 Å². The van der Waals surface area contributed by atoms with Crippen molar-refractivity contribution < 1.29 is 22.7 Å². The molecule has 0 atom stereocenters. The van der Waals surface area contributed by atoms with Gasteiger partial charge in [0.25, 0.3) is 5.91 Å². The number of alkyl halides is 3. The summed E-state index contributed by atoms with van der Waals surface area (Å²) in [5.41, 5.74) is 2.00. The number of carbonyl (C=O) groups excluding carboxylic acids is 1. The van der Waals surface area contributed by atoms with Gasteiger partial charge < -0.3 is 10.1 Å². The number of hydrogen-bond acceptors (Lipinski definition) is 6. The predicted octanol–water partition coefficient (Wildman–Crippen LogP) is 5.70. The van der Waals surface area contributed by atoms with Crippen molar-refractivity contribution in [1.29, 1.82) is 0 Å². The Balaban J connectivity index is 1.48. The van der Waals surface area contributed by atoms with E-state index in [1.54, 1.807) is 37.0 Å². The average molecular weight is 527 g/mol. The molecule has 1 amide bonds. The Kier molecular flexibility index (Phi) is 8.52. The lowest BCUT2D eigenvalue weighted by Gasteiger charge is -2.22. The van der Waals surface area contributed by atoms with Crippen molar-refractivity contribution in [3.8, 4) is 5.75 Å². The lowest BCUT2D eigenvalue weighted by Crippen LogP contribution is -2.24. The standard InChI is InChI=1S/C27H25F3N4O2S/c1-36-23-9-7-19(8-10-23)15-34(16-20-4-2-6-22(12-20)27(28,29)30)17-25-33-24(18-37-25)26(35)32-14-21-5-3-11-31-13-21/h2-13,18H,14-17H2,1H3,(H,32,35). The van der Waals surface area contributed by atoms with Crippen molar-refractivity contribution in [1.82, 2.24) is 20.2 Å². The first-order valence-electron chi connectivity index (χ1n) is 11.4. The molecule has 0 bridgehead atoms. The summed E-state index contributed by atoms with van der Waals surface area (Å²) in [6.45, 7) is 1.45. The van der Waals surface area contributed by atoms with E-state index in [-0.39, 0.29) is 12.5 Å². The molecule has 0 radical (unpaired) electrons. The average Bonchev–Trinajstić information content (AvgIpc) is 3.36. The van der Waals surface area contributed by atoms with E-state index in [4.69, 9.17) is 4.74 Å². The number of halogens is 3. The van der Waals surface area contributed by atoms with E-state index in [0.29, 0.717) is 35.9 Å². The van der Waals surface area contributed by atoms with Gasteiger partial charge in [0.05, 0.1) is 19.2 Å². The molecule has 0 aliphatic rings. The van der Waals surface area contributed by atoms with Crippen LogP contribution in [0.15, 0.2) is 78.4 Å². The van der Waals surface area contributed by atoms with Crippen LogP contribution in [0, 0.1) is 0 Å².